The lowest BCUT2D eigenvalue weighted by Crippen LogP contribution is -2.66. The topological polar surface area (TPSA) is 40.5 Å². The Kier molecular flexibility index (Phi) is 3.81. The summed E-state index contributed by atoms with van der Waals surface area (Å²) < 4.78 is 0. The third-order valence-electron chi connectivity index (χ3n) is 6.16. The van der Waals surface area contributed by atoms with Crippen LogP contribution in [0.15, 0.2) is 0 Å². The highest BCUT2D eigenvalue weighted by Crippen LogP contribution is 2.62. The molecule has 0 heterocycles. The van der Waals surface area contributed by atoms with Gasteiger partial charge in [-0.15, -0.1) is 0 Å². The zero-order valence-electron chi connectivity index (χ0n) is 12.4. The molecule has 2 bridgehead atoms. The molecule has 4 rings (SSSR count). The van der Waals surface area contributed by atoms with Gasteiger partial charge in [0, 0.05) is 0 Å². The van der Waals surface area contributed by atoms with Gasteiger partial charge in [0.05, 0.1) is 11.7 Å². The van der Waals surface area contributed by atoms with E-state index in [9.17, 15) is 10.2 Å². The highest BCUT2D eigenvalue weighted by Gasteiger charge is 2.62. The molecule has 0 saturated heterocycles. The molecule has 4 saturated carbocycles. The molecule has 18 heavy (non-hydrogen) atoms. The fourth-order valence-corrected chi connectivity index (χ4v) is 4.05. The summed E-state index contributed by atoms with van der Waals surface area (Å²) in [7, 11) is 0. The van der Waals surface area contributed by atoms with Crippen LogP contribution in [0.25, 0.3) is 0 Å². The first kappa shape index (κ1) is 14.3. The van der Waals surface area contributed by atoms with Crippen LogP contribution in [-0.2, 0) is 0 Å². The maximum absolute atomic E-state index is 10.0. The standard InChI is InChI=1S/C10H18O2.C6H12/c1-9(2)6-4-7(9)10(3,12)8(11)5-6;1-2-6-4-3-5-6/h6-8,11-12H,4-5H2,1-3H3;6H,2-5H2,1H3/t6-,7-,8?,10-;/m0./s1. The van der Waals surface area contributed by atoms with Crippen molar-refractivity contribution in [3.05, 3.63) is 0 Å². The van der Waals surface area contributed by atoms with Crippen molar-refractivity contribution < 1.29 is 10.2 Å². The normalized spacial score (nSPS) is 45.3. The number of rotatable bonds is 1. The Morgan fingerprint density at radius 3 is 1.94 bits per heavy atom. The third kappa shape index (κ3) is 2.22. The molecule has 4 aliphatic rings. The molecule has 0 aromatic rings. The van der Waals surface area contributed by atoms with Crippen LogP contribution >= 0.6 is 0 Å². The smallest absolute Gasteiger partial charge is 0.0910 e. The minimum absolute atomic E-state index is 0.239. The van der Waals surface area contributed by atoms with Gasteiger partial charge in [-0.25, -0.2) is 0 Å². The van der Waals surface area contributed by atoms with E-state index in [1.807, 2.05) is 0 Å². The molecule has 2 N–H and O–H groups in total. The van der Waals surface area contributed by atoms with Gasteiger partial charge in [0.25, 0.3) is 0 Å². The third-order valence-corrected chi connectivity index (χ3v) is 6.16. The second-order valence-electron chi connectivity index (χ2n) is 7.49. The predicted octanol–water partition coefficient (Wildman–Crippen LogP) is 3.36. The summed E-state index contributed by atoms with van der Waals surface area (Å²) >= 11 is 0. The Morgan fingerprint density at radius 2 is 1.72 bits per heavy atom. The van der Waals surface area contributed by atoms with Gasteiger partial charge in [0.1, 0.15) is 0 Å². The highest BCUT2D eigenvalue weighted by atomic mass is 16.3. The van der Waals surface area contributed by atoms with E-state index in [4.69, 9.17) is 0 Å². The van der Waals surface area contributed by atoms with E-state index < -0.39 is 11.7 Å². The van der Waals surface area contributed by atoms with Crippen molar-refractivity contribution in [3.8, 4) is 0 Å². The molecule has 4 fully saturated rings. The zero-order chi connectivity index (χ0) is 13.6. The molecule has 0 radical (unpaired) electrons. The monoisotopic (exact) mass is 254 g/mol. The highest BCUT2D eigenvalue weighted by molar-refractivity contribution is 5.12. The van der Waals surface area contributed by atoms with E-state index in [0.717, 1.165) is 18.8 Å². The molecule has 2 nitrogen and oxygen atoms in total. The van der Waals surface area contributed by atoms with E-state index in [1.54, 1.807) is 6.92 Å². The van der Waals surface area contributed by atoms with Crippen molar-refractivity contribution in [2.75, 3.05) is 0 Å². The van der Waals surface area contributed by atoms with Crippen molar-refractivity contribution >= 4 is 0 Å². The summed E-state index contributed by atoms with van der Waals surface area (Å²) in [6.07, 6.45) is 7.30. The fraction of sp³-hybridized carbons (Fsp3) is 1.00. The largest absolute Gasteiger partial charge is 0.390 e. The molecular formula is C16H30O2. The van der Waals surface area contributed by atoms with Gasteiger partial charge in [0.15, 0.2) is 0 Å². The van der Waals surface area contributed by atoms with E-state index in [1.165, 1.54) is 25.7 Å². The van der Waals surface area contributed by atoms with Gasteiger partial charge < -0.3 is 10.2 Å². The fourth-order valence-electron chi connectivity index (χ4n) is 4.05. The quantitative estimate of drug-likeness (QED) is 0.753. The van der Waals surface area contributed by atoms with Gasteiger partial charge in [-0.1, -0.05) is 46.5 Å². The summed E-state index contributed by atoms with van der Waals surface area (Å²) in [4.78, 5) is 0. The molecule has 4 aliphatic carbocycles. The summed E-state index contributed by atoms with van der Waals surface area (Å²) in [5, 5.41) is 19.7. The van der Waals surface area contributed by atoms with Crippen LogP contribution in [-0.4, -0.2) is 21.9 Å². The van der Waals surface area contributed by atoms with Gasteiger partial charge in [0.2, 0.25) is 0 Å². The summed E-state index contributed by atoms with van der Waals surface area (Å²) in [6, 6.07) is 0. The average Bonchev–Trinajstić information content (AvgIpc) is 2.20. The first-order chi connectivity index (χ1) is 8.30. The molecule has 0 spiro atoms. The van der Waals surface area contributed by atoms with Crippen LogP contribution in [0.3, 0.4) is 0 Å². The number of hydrogen-bond acceptors (Lipinski definition) is 2. The average molecular weight is 254 g/mol. The lowest BCUT2D eigenvalue weighted by molar-refractivity contribution is -0.245. The van der Waals surface area contributed by atoms with Crippen LogP contribution < -0.4 is 0 Å². The van der Waals surface area contributed by atoms with E-state index in [-0.39, 0.29) is 5.41 Å². The first-order valence-corrected chi connectivity index (χ1v) is 7.70. The van der Waals surface area contributed by atoms with E-state index in [2.05, 4.69) is 20.8 Å². The Bertz CT molecular complexity index is 289. The summed E-state index contributed by atoms with van der Waals surface area (Å²) in [6.45, 7) is 8.46. The molecule has 0 amide bonds. The zero-order valence-corrected chi connectivity index (χ0v) is 12.4. The van der Waals surface area contributed by atoms with Crippen LogP contribution in [0.1, 0.15) is 66.2 Å². The van der Waals surface area contributed by atoms with Crippen molar-refractivity contribution in [2.45, 2.75) is 77.9 Å². The van der Waals surface area contributed by atoms with Crippen molar-refractivity contribution in [3.63, 3.8) is 0 Å². The van der Waals surface area contributed by atoms with Crippen LogP contribution in [0.4, 0.5) is 0 Å². The number of hydrogen-bond donors (Lipinski definition) is 2. The van der Waals surface area contributed by atoms with E-state index >= 15 is 0 Å². The van der Waals surface area contributed by atoms with Gasteiger partial charge in [-0.2, -0.15) is 0 Å². The van der Waals surface area contributed by atoms with Crippen LogP contribution in [0.2, 0.25) is 0 Å². The second-order valence-corrected chi connectivity index (χ2v) is 7.49. The number of aliphatic hydroxyl groups is 2. The van der Waals surface area contributed by atoms with Crippen LogP contribution in [0, 0.1) is 23.2 Å². The van der Waals surface area contributed by atoms with Crippen LogP contribution in [0.5, 0.6) is 0 Å². The lowest BCUT2D eigenvalue weighted by atomic mass is 9.43. The Balaban J connectivity index is 0.000000169. The molecule has 106 valence electrons. The molecule has 0 aliphatic heterocycles. The SMILES string of the molecule is CC1(C)[C@@H]2CC(O)[C@@](C)(O)[C@H]1C2.CCC1CCC1. The molecule has 4 atom stereocenters. The maximum atomic E-state index is 10.0. The number of aliphatic hydroxyl groups excluding tert-OH is 1. The Labute approximate surface area is 112 Å². The molecule has 1 unspecified atom stereocenters. The number of fused-ring (bicyclic) bond motifs is 2. The van der Waals surface area contributed by atoms with Crippen molar-refractivity contribution in [1.82, 2.24) is 0 Å². The first-order valence-electron chi connectivity index (χ1n) is 7.70. The molecule has 2 heteroatoms. The maximum Gasteiger partial charge on any atom is 0.0910 e. The predicted molar refractivity (Wildman–Crippen MR) is 74.3 cm³/mol. The second kappa shape index (κ2) is 4.79. The van der Waals surface area contributed by atoms with E-state index in [0.29, 0.717) is 11.8 Å². The minimum atomic E-state index is -0.849. The van der Waals surface area contributed by atoms with Gasteiger partial charge in [-0.05, 0) is 42.9 Å². The molecular weight excluding hydrogens is 224 g/mol. The van der Waals surface area contributed by atoms with Gasteiger partial charge >= 0.3 is 0 Å². The van der Waals surface area contributed by atoms with Crippen molar-refractivity contribution in [2.24, 2.45) is 23.2 Å². The summed E-state index contributed by atoms with van der Waals surface area (Å²) in [5.41, 5.74) is -0.610. The molecule has 0 aromatic carbocycles. The lowest BCUT2D eigenvalue weighted by Gasteiger charge is -2.64. The van der Waals surface area contributed by atoms with Gasteiger partial charge in [-0.3, -0.25) is 0 Å². The minimum Gasteiger partial charge on any atom is -0.390 e. The Hall–Kier alpha value is -0.0800. The van der Waals surface area contributed by atoms with Crippen molar-refractivity contribution in [1.29, 1.82) is 0 Å². The summed E-state index contributed by atoms with van der Waals surface area (Å²) in [5.74, 6) is 2.03. The molecule has 0 aromatic heterocycles. The Morgan fingerprint density at radius 1 is 1.11 bits per heavy atom.